The Bertz CT molecular complexity index is 759. The molecule has 3 nitrogen and oxygen atoms in total. The lowest BCUT2D eigenvalue weighted by Gasteiger charge is -2.21. The fourth-order valence-electron chi connectivity index (χ4n) is 2.11. The highest BCUT2D eigenvalue weighted by Gasteiger charge is 2.21. The van der Waals surface area contributed by atoms with Crippen LogP contribution < -0.4 is 4.90 Å². The Morgan fingerprint density at radius 3 is 2.59 bits per heavy atom. The van der Waals surface area contributed by atoms with E-state index in [9.17, 15) is 4.79 Å². The monoisotopic (exact) mass is 372 g/mol. The van der Waals surface area contributed by atoms with Crippen LogP contribution in [0.25, 0.3) is 0 Å². The van der Waals surface area contributed by atoms with Gasteiger partial charge in [0.2, 0.25) is 0 Å². The average molecular weight is 373 g/mol. The van der Waals surface area contributed by atoms with Gasteiger partial charge in [0, 0.05) is 15.5 Å². The minimum Gasteiger partial charge on any atom is -0.287 e. The van der Waals surface area contributed by atoms with Gasteiger partial charge in [-0.1, -0.05) is 24.3 Å². The summed E-state index contributed by atoms with van der Waals surface area (Å²) in [5.74, 6) is 0.580. The van der Waals surface area contributed by atoms with E-state index in [1.165, 1.54) is 0 Å². The number of carbonyl (C=O) groups is 1. The van der Waals surface area contributed by atoms with Crippen LogP contribution in [0.1, 0.15) is 15.2 Å². The molecule has 3 aromatic rings. The summed E-state index contributed by atoms with van der Waals surface area (Å²) in [4.78, 5) is 20.1. The number of pyridine rings is 1. The van der Waals surface area contributed by atoms with Crippen LogP contribution in [0.15, 0.2) is 70.6 Å². The third-order valence-electron chi connectivity index (χ3n) is 3.17. The number of hydrogen-bond donors (Lipinski definition) is 0. The lowest BCUT2D eigenvalue weighted by Crippen LogP contribution is -2.31. The third kappa shape index (κ3) is 3.26. The lowest BCUT2D eigenvalue weighted by atomic mass is 10.2. The summed E-state index contributed by atoms with van der Waals surface area (Å²) in [6.07, 6.45) is 1.70. The summed E-state index contributed by atoms with van der Waals surface area (Å²) in [6.45, 7) is 0.509. The van der Waals surface area contributed by atoms with Gasteiger partial charge in [0.1, 0.15) is 5.82 Å². The van der Waals surface area contributed by atoms with E-state index >= 15 is 0 Å². The van der Waals surface area contributed by atoms with Gasteiger partial charge in [-0.3, -0.25) is 9.69 Å². The summed E-state index contributed by atoms with van der Waals surface area (Å²) in [5.41, 5.74) is 0.629. The molecule has 0 fully saturated rings. The molecule has 0 N–H and O–H groups in total. The largest absolute Gasteiger partial charge is 0.287 e. The van der Waals surface area contributed by atoms with E-state index in [4.69, 9.17) is 0 Å². The Kier molecular flexibility index (Phi) is 4.65. The van der Waals surface area contributed by atoms with E-state index < -0.39 is 0 Å². The normalized spacial score (nSPS) is 10.4. The van der Waals surface area contributed by atoms with Crippen molar-refractivity contribution in [2.75, 3.05) is 4.90 Å². The zero-order valence-electron chi connectivity index (χ0n) is 11.6. The number of amides is 1. The summed E-state index contributed by atoms with van der Waals surface area (Å²) in [5, 5.41) is 2.01. The molecule has 0 saturated carbocycles. The Morgan fingerprint density at radius 2 is 1.91 bits per heavy atom. The van der Waals surface area contributed by atoms with Crippen molar-refractivity contribution in [1.82, 2.24) is 4.98 Å². The molecule has 0 atom stereocenters. The van der Waals surface area contributed by atoms with Gasteiger partial charge in [-0.05, 0) is 51.6 Å². The predicted octanol–water partition coefficient (Wildman–Crippen LogP) is 4.75. The standard InChI is InChI=1S/C17H13BrN2OS/c18-15-8-2-1-7-14(15)17(21)20(12-13-6-5-11-22-13)16-9-3-4-10-19-16/h1-11H,12H2. The average Bonchev–Trinajstić information content (AvgIpc) is 3.06. The number of benzene rings is 1. The van der Waals surface area contributed by atoms with Crippen LogP contribution in [0.5, 0.6) is 0 Å². The number of thiophene rings is 1. The maximum Gasteiger partial charge on any atom is 0.260 e. The van der Waals surface area contributed by atoms with E-state index in [2.05, 4.69) is 20.9 Å². The first-order valence-corrected chi connectivity index (χ1v) is 8.43. The second kappa shape index (κ2) is 6.85. The van der Waals surface area contributed by atoms with E-state index in [0.29, 0.717) is 17.9 Å². The highest BCUT2D eigenvalue weighted by atomic mass is 79.9. The summed E-state index contributed by atoms with van der Waals surface area (Å²) >= 11 is 5.08. The molecule has 22 heavy (non-hydrogen) atoms. The van der Waals surface area contributed by atoms with Gasteiger partial charge in [0.05, 0.1) is 12.1 Å². The number of aromatic nitrogens is 1. The molecule has 0 radical (unpaired) electrons. The van der Waals surface area contributed by atoms with Crippen LogP contribution in [-0.4, -0.2) is 10.9 Å². The van der Waals surface area contributed by atoms with Crippen molar-refractivity contribution in [1.29, 1.82) is 0 Å². The molecule has 110 valence electrons. The smallest absolute Gasteiger partial charge is 0.260 e. The minimum atomic E-state index is -0.0698. The molecule has 3 rings (SSSR count). The summed E-state index contributed by atoms with van der Waals surface area (Å²) in [6, 6.07) is 17.0. The van der Waals surface area contributed by atoms with Gasteiger partial charge in [-0.15, -0.1) is 11.3 Å². The molecule has 1 aromatic carbocycles. The van der Waals surface area contributed by atoms with Crippen molar-refractivity contribution in [3.63, 3.8) is 0 Å². The van der Waals surface area contributed by atoms with Crippen LogP contribution >= 0.6 is 27.3 Å². The Labute approximate surface area is 141 Å². The second-order valence-electron chi connectivity index (χ2n) is 4.64. The van der Waals surface area contributed by atoms with Gasteiger partial charge < -0.3 is 0 Å². The van der Waals surface area contributed by atoms with E-state index in [-0.39, 0.29) is 5.91 Å². The fraction of sp³-hybridized carbons (Fsp3) is 0.0588. The molecule has 0 spiro atoms. The van der Waals surface area contributed by atoms with Gasteiger partial charge in [0.15, 0.2) is 0 Å². The van der Waals surface area contributed by atoms with Crippen molar-refractivity contribution in [3.05, 3.63) is 81.1 Å². The Morgan fingerprint density at radius 1 is 1.09 bits per heavy atom. The van der Waals surface area contributed by atoms with Gasteiger partial charge in [-0.2, -0.15) is 0 Å². The quantitative estimate of drug-likeness (QED) is 0.661. The molecule has 0 bridgehead atoms. The molecule has 0 aliphatic heterocycles. The molecule has 5 heteroatoms. The van der Waals surface area contributed by atoms with Crippen LogP contribution in [0.3, 0.4) is 0 Å². The first kappa shape index (κ1) is 14.9. The second-order valence-corrected chi connectivity index (χ2v) is 6.53. The maximum atomic E-state index is 13.0. The zero-order valence-corrected chi connectivity index (χ0v) is 14.0. The van der Waals surface area contributed by atoms with Gasteiger partial charge in [0.25, 0.3) is 5.91 Å². The van der Waals surface area contributed by atoms with Crippen molar-refractivity contribution in [2.45, 2.75) is 6.54 Å². The van der Waals surface area contributed by atoms with Crippen molar-refractivity contribution in [2.24, 2.45) is 0 Å². The number of anilines is 1. The topological polar surface area (TPSA) is 33.2 Å². The van der Waals surface area contributed by atoms with Gasteiger partial charge in [-0.25, -0.2) is 4.98 Å². The predicted molar refractivity (Wildman–Crippen MR) is 93.2 cm³/mol. The van der Waals surface area contributed by atoms with E-state index in [1.807, 2.05) is 60.0 Å². The molecular weight excluding hydrogens is 360 g/mol. The molecule has 2 aromatic heterocycles. The summed E-state index contributed by atoms with van der Waals surface area (Å²) in [7, 11) is 0. The first-order chi connectivity index (χ1) is 10.8. The van der Waals surface area contributed by atoms with E-state index in [1.54, 1.807) is 22.4 Å². The van der Waals surface area contributed by atoms with Crippen LogP contribution in [0.4, 0.5) is 5.82 Å². The molecule has 0 aliphatic carbocycles. The number of hydrogen-bond acceptors (Lipinski definition) is 3. The SMILES string of the molecule is O=C(c1ccccc1Br)N(Cc1cccs1)c1ccccn1. The van der Waals surface area contributed by atoms with Crippen molar-refractivity contribution in [3.8, 4) is 0 Å². The molecule has 0 saturated heterocycles. The van der Waals surface area contributed by atoms with Crippen molar-refractivity contribution < 1.29 is 4.79 Å². The fourth-order valence-corrected chi connectivity index (χ4v) is 3.26. The van der Waals surface area contributed by atoms with Crippen LogP contribution in [0, 0.1) is 0 Å². The zero-order chi connectivity index (χ0) is 15.4. The van der Waals surface area contributed by atoms with Gasteiger partial charge >= 0.3 is 0 Å². The summed E-state index contributed by atoms with van der Waals surface area (Å²) < 4.78 is 0.784. The highest BCUT2D eigenvalue weighted by molar-refractivity contribution is 9.10. The van der Waals surface area contributed by atoms with Crippen molar-refractivity contribution >= 4 is 39.0 Å². The molecular formula is C17H13BrN2OS. The number of carbonyl (C=O) groups excluding carboxylic acids is 1. The number of rotatable bonds is 4. The first-order valence-electron chi connectivity index (χ1n) is 6.75. The number of halogens is 1. The number of nitrogens with zero attached hydrogens (tertiary/aromatic N) is 2. The Balaban J connectivity index is 1.98. The molecule has 0 unspecified atom stereocenters. The third-order valence-corrected chi connectivity index (χ3v) is 4.72. The maximum absolute atomic E-state index is 13.0. The van der Waals surface area contributed by atoms with Crippen LogP contribution in [-0.2, 0) is 6.54 Å². The molecule has 0 aliphatic rings. The molecule has 2 heterocycles. The Hall–Kier alpha value is -1.98. The highest BCUT2D eigenvalue weighted by Crippen LogP contribution is 2.23. The van der Waals surface area contributed by atoms with E-state index in [0.717, 1.165) is 9.35 Å². The minimum absolute atomic E-state index is 0.0698. The van der Waals surface area contributed by atoms with Crippen LogP contribution in [0.2, 0.25) is 0 Å². The lowest BCUT2D eigenvalue weighted by molar-refractivity contribution is 0.0984. The molecule has 1 amide bonds.